The smallest absolute Gasteiger partial charge is 0.258 e. The van der Waals surface area contributed by atoms with E-state index in [0.29, 0.717) is 11.1 Å². The van der Waals surface area contributed by atoms with Crippen LogP contribution in [0.4, 0.5) is 10.1 Å². The number of anilines is 1. The summed E-state index contributed by atoms with van der Waals surface area (Å²) >= 11 is 1.34. The van der Waals surface area contributed by atoms with E-state index in [1.807, 2.05) is 30.5 Å². The molecule has 1 N–H and O–H groups in total. The van der Waals surface area contributed by atoms with Crippen molar-refractivity contribution in [3.05, 3.63) is 64.8 Å². The lowest BCUT2D eigenvalue weighted by atomic mass is 10.00. The second-order valence-corrected chi connectivity index (χ2v) is 5.62. The van der Waals surface area contributed by atoms with Crippen molar-refractivity contribution < 1.29 is 4.39 Å². The van der Waals surface area contributed by atoms with Gasteiger partial charge in [-0.15, -0.1) is 0 Å². The first kappa shape index (κ1) is 14.7. The first-order chi connectivity index (χ1) is 10.6. The van der Waals surface area contributed by atoms with Gasteiger partial charge in [0.05, 0.1) is 5.69 Å². The summed E-state index contributed by atoms with van der Waals surface area (Å²) in [7, 11) is 1.73. The van der Waals surface area contributed by atoms with Gasteiger partial charge in [-0.3, -0.25) is 4.79 Å². The molecule has 0 spiro atoms. The molecular weight excluding hydrogens is 299 g/mol. The van der Waals surface area contributed by atoms with Crippen LogP contribution in [-0.2, 0) is 7.05 Å². The molecule has 3 rings (SSSR count). The highest BCUT2D eigenvalue weighted by atomic mass is 32.2. The summed E-state index contributed by atoms with van der Waals surface area (Å²) in [6.45, 7) is 0. The first-order valence-corrected chi connectivity index (χ1v) is 8.01. The molecule has 0 saturated heterocycles. The molecule has 0 atom stereocenters. The molecular formula is C17H15FN2OS. The molecule has 0 aliphatic rings. The Balaban J connectivity index is 2.29. The number of aryl methyl sites for hydroxylation is 1. The molecule has 112 valence electrons. The van der Waals surface area contributed by atoms with Crippen molar-refractivity contribution in [3.63, 3.8) is 0 Å². The molecule has 0 fully saturated rings. The number of hydrogen-bond acceptors (Lipinski definition) is 3. The topological polar surface area (TPSA) is 34.0 Å². The number of rotatable bonds is 3. The van der Waals surface area contributed by atoms with Crippen LogP contribution in [0.15, 0.2) is 53.5 Å². The number of pyridine rings is 1. The van der Waals surface area contributed by atoms with Gasteiger partial charge in [0.25, 0.3) is 5.56 Å². The van der Waals surface area contributed by atoms with Crippen LogP contribution in [0.3, 0.4) is 0 Å². The molecule has 1 aromatic heterocycles. The minimum Gasteiger partial charge on any atom is -0.328 e. The number of hydrogen-bond donors (Lipinski definition) is 1. The fourth-order valence-corrected chi connectivity index (χ4v) is 2.90. The maximum Gasteiger partial charge on any atom is 0.258 e. The molecule has 1 heterocycles. The van der Waals surface area contributed by atoms with Crippen molar-refractivity contribution in [3.8, 4) is 11.1 Å². The Labute approximate surface area is 131 Å². The maximum atomic E-state index is 13.8. The molecule has 0 unspecified atom stereocenters. The molecule has 0 radical (unpaired) electrons. The Kier molecular flexibility index (Phi) is 3.90. The summed E-state index contributed by atoms with van der Waals surface area (Å²) in [5.41, 5.74) is 2.17. The second-order valence-electron chi connectivity index (χ2n) is 5.01. The molecule has 0 bridgehead atoms. The molecule has 0 amide bonds. The zero-order chi connectivity index (χ0) is 15.7. The SMILES string of the molecule is CSNc1cc(-c2cn(C)c(=O)c3ccccc23)ccc1F. The average molecular weight is 314 g/mol. The van der Waals surface area contributed by atoms with E-state index < -0.39 is 0 Å². The number of nitrogens with one attached hydrogen (secondary N) is 1. The van der Waals surface area contributed by atoms with E-state index in [2.05, 4.69) is 4.72 Å². The number of benzene rings is 2. The van der Waals surface area contributed by atoms with Gasteiger partial charge >= 0.3 is 0 Å². The summed E-state index contributed by atoms with van der Waals surface area (Å²) in [5.74, 6) is -0.299. The molecule has 0 aliphatic carbocycles. The van der Waals surface area contributed by atoms with Crippen molar-refractivity contribution in [1.29, 1.82) is 0 Å². The lowest BCUT2D eigenvalue weighted by Crippen LogP contribution is -2.16. The lowest BCUT2D eigenvalue weighted by molar-refractivity contribution is 0.633. The molecule has 5 heteroatoms. The van der Waals surface area contributed by atoms with Gasteiger partial charge in [-0.05, 0) is 29.1 Å². The highest BCUT2D eigenvalue weighted by molar-refractivity contribution is 7.99. The van der Waals surface area contributed by atoms with E-state index in [9.17, 15) is 9.18 Å². The fourth-order valence-electron chi connectivity index (χ4n) is 2.53. The van der Waals surface area contributed by atoms with Crippen molar-refractivity contribution in [2.45, 2.75) is 0 Å². The highest BCUT2D eigenvalue weighted by Crippen LogP contribution is 2.30. The third-order valence-electron chi connectivity index (χ3n) is 3.58. The summed E-state index contributed by atoms with van der Waals surface area (Å²) in [6, 6.07) is 12.4. The predicted octanol–water partition coefficient (Wildman–Crippen LogP) is 4.03. The molecule has 3 aromatic rings. The number of fused-ring (bicyclic) bond motifs is 1. The van der Waals surface area contributed by atoms with Crippen LogP contribution in [0.1, 0.15) is 0 Å². The Hall–Kier alpha value is -2.27. The van der Waals surface area contributed by atoms with E-state index in [1.54, 1.807) is 29.9 Å². The normalized spacial score (nSPS) is 10.9. The zero-order valence-electron chi connectivity index (χ0n) is 12.3. The van der Waals surface area contributed by atoms with E-state index in [4.69, 9.17) is 0 Å². The molecule has 3 nitrogen and oxygen atoms in total. The van der Waals surface area contributed by atoms with Gasteiger partial charge in [-0.1, -0.05) is 36.2 Å². The van der Waals surface area contributed by atoms with Crippen LogP contribution in [-0.4, -0.2) is 10.8 Å². The largest absolute Gasteiger partial charge is 0.328 e. The van der Waals surface area contributed by atoms with Crippen LogP contribution >= 0.6 is 11.9 Å². The third kappa shape index (κ3) is 2.48. The predicted molar refractivity (Wildman–Crippen MR) is 91.7 cm³/mol. The fraction of sp³-hybridized carbons (Fsp3) is 0.118. The van der Waals surface area contributed by atoms with Gasteiger partial charge in [0, 0.05) is 30.4 Å². The average Bonchev–Trinajstić information content (AvgIpc) is 2.53. The van der Waals surface area contributed by atoms with Gasteiger partial charge in [-0.2, -0.15) is 0 Å². The van der Waals surface area contributed by atoms with E-state index in [-0.39, 0.29) is 11.4 Å². The van der Waals surface area contributed by atoms with E-state index in [0.717, 1.165) is 16.5 Å². The van der Waals surface area contributed by atoms with Crippen molar-refractivity contribution in [2.75, 3.05) is 11.0 Å². The molecule has 0 saturated carbocycles. The standard InChI is InChI=1S/C17H15FN2OS/c1-20-10-14(12-5-3-4-6-13(12)17(20)21)11-7-8-15(18)16(9-11)19-22-2/h3-10,19H,1-2H3. The van der Waals surface area contributed by atoms with Gasteiger partial charge in [0.1, 0.15) is 5.82 Å². The Morgan fingerprint density at radius 2 is 1.86 bits per heavy atom. The Bertz CT molecular complexity index is 905. The molecule has 22 heavy (non-hydrogen) atoms. The second kappa shape index (κ2) is 5.85. The van der Waals surface area contributed by atoms with Gasteiger partial charge < -0.3 is 9.29 Å². The van der Waals surface area contributed by atoms with Crippen LogP contribution < -0.4 is 10.3 Å². The number of aromatic nitrogens is 1. The summed E-state index contributed by atoms with van der Waals surface area (Å²) in [6.07, 6.45) is 3.63. The van der Waals surface area contributed by atoms with Gasteiger partial charge in [0.15, 0.2) is 0 Å². The Morgan fingerprint density at radius 1 is 1.14 bits per heavy atom. The summed E-state index contributed by atoms with van der Waals surface area (Å²) in [5, 5.41) is 1.53. The summed E-state index contributed by atoms with van der Waals surface area (Å²) < 4.78 is 18.3. The lowest BCUT2D eigenvalue weighted by Gasteiger charge is -2.11. The minimum atomic E-state index is -0.299. The van der Waals surface area contributed by atoms with Crippen LogP contribution in [0.2, 0.25) is 0 Å². The zero-order valence-corrected chi connectivity index (χ0v) is 13.1. The van der Waals surface area contributed by atoms with Crippen LogP contribution in [0.25, 0.3) is 21.9 Å². The van der Waals surface area contributed by atoms with Crippen LogP contribution in [0, 0.1) is 5.82 Å². The summed E-state index contributed by atoms with van der Waals surface area (Å²) in [4.78, 5) is 12.2. The van der Waals surface area contributed by atoms with Gasteiger partial charge in [0.2, 0.25) is 0 Å². The van der Waals surface area contributed by atoms with Gasteiger partial charge in [-0.25, -0.2) is 4.39 Å². The molecule has 2 aromatic carbocycles. The van der Waals surface area contributed by atoms with Crippen LogP contribution in [0.5, 0.6) is 0 Å². The third-order valence-corrected chi connectivity index (χ3v) is 4.00. The number of nitrogens with zero attached hydrogens (tertiary/aromatic N) is 1. The Morgan fingerprint density at radius 3 is 2.59 bits per heavy atom. The van der Waals surface area contributed by atoms with Crippen molar-refractivity contribution >= 4 is 28.4 Å². The first-order valence-electron chi connectivity index (χ1n) is 6.79. The highest BCUT2D eigenvalue weighted by Gasteiger charge is 2.10. The quantitative estimate of drug-likeness (QED) is 0.741. The van der Waals surface area contributed by atoms with E-state index >= 15 is 0 Å². The minimum absolute atomic E-state index is 0.0380. The van der Waals surface area contributed by atoms with E-state index in [1.165, 1.54) is 18.0 Å². The van der Waals surface area contributed by atoms with Crippen molar-refractivity contribution in [1.82, 2.24) is 4.57 Å². The number of halogens is 1. The molecule has 0 aliphatic heterocycles. The monoisotopic (exact) mass is 314 g/mol. The maximum absolute atomic E-state index is 13.8. The van der Waals surface area contributed by atoms with Crippen molar-refractivity contribution in [2.24, 2.45) is 7.05 Å².